The molecule has 0 aromatic rings. The molecule has 1 heterocycles. The Bertz CT molecular complexity index is 171. The van der Waals surface area contributed by atoms with Gasteiger partial charge in [-0.05, 0) is 12.6 Å². The second-order valence-corrected chi connectivity index (χ2v) is 2.65. The number of primary amides is 1. The summed E-state index contributed by atoms with van der Waals surface area (Å²) in [5.41, 5.74) is 4.91. The highest BCUT2D eigenvalue weighted by Crippen LogP contribution is 2.08. The van der Waals surface area contributed by atoms with Gasteiger partial charge in [-0.15, -0.1) is 0 Å². The fourth-order valence-electron chi connectivity index (χ4n) is 1.09. The number of nitrogens with one attached hydrogen (secondary N) is 1. The highest BCUT2D eigenvalue weighted by Gasteiger charge is 2.20. The molecule has 1 rings (SSSR count). The SMILES string of the molecule is NC(=O)CC(O)C1CC=CN1. The zero-order valence-corrected chi connectivity index (χ0v) is 6.16. The smallest absolute Gasteiger partial charge is 0.220 e. The van der Waals surface area contributed by atoms with Crippen molar-refractivity contribution in [1.82, 2.24) is 5.32 Å². The van der Waals surface area contributed by atoms with Gasteiger partial charge < -0.3 is 16.2 Å². The third-order valence-corrected chi connectivity index (χ3v) is 1.69. The van der Waals surface area contributed by atoms with Crippen molar-refractivity contribution in [2.24, 2.45) is 5.73 Å². The van der Waals surface area contributed by atoms with E-state index in [1.54, 1.807) is 6.20 Å². The van der Waals surface area contributed by atoms with Crippen LogP contribution in [0, 0.1) is 0 Å². The summed E-state index contributed by atoms with van der Waals surface area (Å²) in [6, 6.07) is -0.0394. The maximum Gasteiger partial charge on any atom is 0.220 e. The molecule has 4 N–H and O–H groups in total. The summed E-state index contributed by atoms with van der Waals surface area (Å²) in [5.74, 6) is -0.466. The lowest BCUT2D eigenvalue weighted by Gasteiger charge is -2.16. The number of rotatable bonds is 3. The van der Waals surface area contributed by atoms with Crippen molar-refractivity contribution in [3.05, 3.63) is 12.3 Å². The average Bonchev–Trinajstić information content (AvgIpc) is 2.35. The van der Waals surface area contributed by atoms with Crippen LogP contribution in [-0.2, 0) is 4.79 Å². The third kappa shape index (κ3) is 2.23. The van der Waals surface area contributed by atoms with Crippen LogP contribution in [0.3, 0.4) is 0 Å². The summed E-state index contributed by atoms with van der Waals surface area (Å²) in [4.78, 5) is 10.4. The molecule has 11 heavy (non-hydrogen) atoms. The van der Waals surface area contributed by atoms with Gasteiger partial charge in [0, 0.05) is 0 Å². The number of nitrogens with two attached hydrogens (primary N) is 1. The minimum Gasteiger partial charge on any atom is -0.390 e. The largest absolute Gasteiger partial charge is 0.390 e. The normalized spacial score (nSPS) is 24.6. The molecule has 2 unspecified atom stereocenters. The first-order valence-corrected chi connectivity index (χ1v) is 3.57. The van der Waals surface area contributed by atoms with E-state index in [1.807, 2.05) is 6.08 Å². The van der Waals surface area contributed by atoms with Crippen LogP contribution in [0.25, 0.3) is 0 Å². The highest BCUT2D eigenvalue weighted by molar-refractivity contribution is 5.74. The van der Waals surface area contributed by atoms with Gasteiger partial charge in [0.25, 0.3) is 0 Å². The lowest BCUT2D eigenvalue weighted by atomic mass is 10.1. The summed E-state index contributed by atoms with van der Waals surface area (Å²) in [6.45, 7) is 0. The number of aliphatic hydroxyl groups is 1. The van der Waals surface area contributed by atoms with Gasteiger partial charge >= 0.3 is 0 Å². The molecule has 1 aliphatic heterocycles. The van der Waals surface area contributed by atoms with Crippen molar-refractivity contribution in [2.75, 3.05) is 0 Å². The molecule has 0 aliphatic carbocycles. The number of hydrogen-bond donors (Lipinski definition) is 3. The first-order valence-electron chi connectivity index (χ1n) is 3.57. The molecule has 0 saturated heterocycles. The molecule has 4 heteroatoms. The molecule has 0 fully saturated rings. The summed E-state index contributed by atoms with van der Waals surface area (Å²) in [7, 11) is 0. The Balaban J connectivity index is 2.29. The van der Waals surface area contributed by atoms with E-state index in [0.29, 0.717) is 0 Å². The van der Waals surface area contributed by atoms with Crippen LogP contribution in [0.1, 0.15) is 12.8 Å². The van der Waals surface area contributed by atoms with Crippen LogP contribution >= 0.6 is 0 Å². The fourth-order valence-corrected chi connectivity index (χ4v) is 1.09. The monoisotopic (exact) mass is 156 g/mol. The van der Waals surface area contributed by atoms with Crippen LogP contribution in [0.2, 0.25) is 0 Å². The van der Waals surface area contributed by atoms with Gasteiger partial charge in [-0.25, -0.2) is 0 Å². The van der Waals surface area contributed by atoms with Crippen LogP contribution in [0.4, 0.5) is 0 Å². The fraction of sp³-hybridized carbons (Fsp3) is 0.571. The lowest BCUT2D eigenvalue weighted by molar-refractivity contribution is -0.120. The van der Waals surface area contributed by atoms with E-state index in [9.17, 15) is 9.90 Å². The molecule has 0 aromatic heterocycles. The minimum atomic E-state index is -0.664. The van der Waals surface area contributed by atoms with Crippen LogP contribution in [0.15, 0.2) is 12.3 Å². The molecule has 1 aliphatic rings. The number of carbonyl (C=O) groups excluding carboxylic acids is 1. The van der Waals surface area contributed by atoms with E-state index in [-0.39, 0.29) is 12.5 Å². The van der Waals surface area contributed by atoms with Crippen molar-refractivity contribution in [3.63, 3.8) is 0 Å². The number of hydrogen-bond acceptors (Lipinski definition) is 3. The van der Waals surface area contributed by atoms with Gasteiger partial charge in [0.2, 0.25) is 5.91 Å². The number of amides is 1. The summed E-state index contributed by atoms with van der Waals surface area (Å²) in [5, 5.41) is 12.2. The van der Waals surface area contributed by atoms with Gasteiger partial charge in [-0.3, -0.25) is 4.79 Å². The Hall–Kier alpha value is -1.03. The number of aliphatic hydroxyl groups excluding tert-OH is 1. The average molecular weight is 156 g/mol. The zero-order chi connectivity index (χ0) is 8.27. The molecule has 0 bridgehead atoms. The van der Waals surface area contributed by atoms with Gasteiger partial charge in [0.1, 0.15) is 0 Å². The summed E-state index contributed by atoms with van der Waals surface area (Å²) >= 11 is 0. The lowest BCUT2D eigenvalue weighted by Crippen LogP contribution is -2.36. The first-order chi connectivity index (χ1) is 5.20. The Morgan fingerprint density at radius 3 is 3.09 bits per heavy atom. The van der Waals surface area contributed by atoms with E-state index < -0.39 is 12.0 Å². The second-order valence-electron chi connectivity index (χ2n) is 2.65. The minimum absolute atomic E-state index is 0.0271. The van der Waals surface area contributed by atoms with Crippen molar-refractivity contribution in [1.29, 1.82) is 0 Å². The van der Waals surface area contributed by atoms with Crippen molar-refractivity contribution < 1.29 is 9.90 Å². The standard InChI is InChI=1S/C7H12N2O2/c8-7(11)4-6(10)5-2-1-3-9-5/h1,3,5-6,9-10H,2,4H2,(H2,8,11). The topological polar surface area (TPSA) is 75.4 Å². The molecule has 1 amide bonds. The van der Waals surface area contributed by atoms with E-state index in [0.717, 1.165) is 6.42 Å². The Morgan fingerprint density at radius 2 is 2.64 bits per heavy atom. The highest BCUT2D eigenvalue weighted by atomic mass is 16.3. The maximum absolute atomic E-state index is 10.4. The number of carbonyl (C=O) groups is 1. The summed E-state index contributed by atoms with van der Waals surface area (Å²) < 4.78 is 0. The van der Waals surface area contributed by atoms with Gasteiger partial charge in [-0.2, -0.15) is 0 Å². The van der Waals surface area contributed by atoms with Crippen molar-refractivity contribution >= 4 is 5.91 Å². The van der Waals surface area contributed by atoms with Crippen LogP contribution in [-0.4, -0.2) is 23.2 Å². The summed E-state index contributed by atoms with van der Waals surface area (Å²) in [6.07, 6.45) is 3.81. The Labute approximate surface area is 65.1 Å². The van der Waals surface area contributed by atoms with E-state index >= 15 is 0 Å². The molecule has 62 valence electrons. The van der Waals surface area contributed by atoms with Gasteiger partial charge in [0.05, 0.1) is 18.6 Å². The third-order valence-electron chi connectivity index (χ3n) is 1.69. The molecule has 0 aromatic carbocycles. The Kier molecular flexibility index (Phi) is 2.48. The van der Waals surface area contributed by atoms with Crippen molar-refractivity contribution in [2.45, 2.75) is 25.0 Å². The quantitative estimate of drug-likeness (QED) is 0.495. The molecule has 0 radical (unpaired) electrons. The van der Waals surface area contributed by atoms with E-state index in [2.05, 4.69) is 5.32 Å². The molecule has 2 atom stereocenters. The van der Waals surface area contributed by atoms with Gasteiger partial charge in [-0.1, -0.05) is 6.08 Å². The molecule has 4 nitrogen and oxygen atoms in total. The predicted molar refractivity (Wildman–Crippen MR) is 40.5 cm³/mol. The van der Waals surface area contributed by atoms with Crippen LogP contribution in [0.5, 0.6) is 0 Å². The van der Waals surface area contributed by atoms with Crippen molar-refractivity contribution in [3.8, 4) is 0 Å². The zero-order valence-electron chi connectivity index (χ0n) is 6.16. The van der Waals surface area contributed by atoms with Crippen LogP contribution < -0.4 is 11.1 Å². The molecular weight excluding hydrogens is 144 g/mol. The van der Waals surface area contributed by atoms with E-state index in [1.165, 1.54) is 0 Å². The second kappa shape index (κ2) is 3.39. The molecular formula is C7H12N2O2. The predicted octanol–water partition coefficient (Wildman–Crippen LogP) is -0.902. The molecule has 0 spiro atoms. The first kappa shape index (κ1) is 8.07. The molecule has 0 saturated carbocycles. The van der Waals surface area contributed by atoms with E-state index in [4.69, 9.17) is 5.73 Å². The van der Waals surface area contributed by atoms with Gasteiger partial charge in [0.15, 0.2) is 0 Å². The Morgan fingerprint density at radius 1 is 1.91 bits per heavy atom. The maximum atomic E-state index is 10.4.